The van der Waals surface area contributed by atoms with Crippen molar-refractivity contribution in [3.8, 4) is 5.75 Å². The molecular weight excluding hydrogens is 246 g/mol. The smallest absolute Gasteiger partial charge is 0.128 e. The first-order valence-electron chi connectivity index (χ1n) is 6.58. The molecule has 1 aliphatic rings. The van der Waals surface area contributed by atoms with Crippen LogP contribution in [0.4, 0.5) is 0 Å². The molecule has 1 aliphatic carbocycles. The molecular formula is C15H22ClNO. The highest BCUT2D eigenvalue weighted by Crippen LogP contribution is 2.43. The number of hydrogen-bond donors (Lipinski definition) is 0. The lowest BCUT2D eigenvalue weighted by Crippen LogP contribution is -2.17. The molecule has 2 unspecified atom stereocenters. The largest absolute Gasteiger partial charge is 0.496 e. The lowest BCUT2D eigenvalue weighted by Gasteiger charge is -2.24. The van der Waals surface area contributed by atoms with Gasteiger partial charge in [-0.1, -0.05) is 6.92 Å². The van der Waals surface area contributed by atoms with Gasteiger partial charge in [-0.05, 0) is 44.9 Å². The van der Waals surface area contributed by atoms with Gasteiger partial charge in [-0.15, -0.1) is 11.6 Å². The van der Waals surface area contributed by atoms with E-state index in [1.807, 2.05) is 13.1 Å². The molecule has 3 heteroatoms. The molecule has 0 bridgehead atoms. The molecule has 0 aliphatic heterocycles. The third kappa shape index (κ3) is 2.64. The average molecular weight is 268 g/mol. The van der Waals surface area contributed by atoms with Crippen molar-refractivity contribution in [2.24, 2.45) is 5.41 Å². The molecule has 100 valence electrons. The molecule has 0 N–H and O–H groups in total. The van der Waals surface area contributed by atoms with Crippen molar-refractivity contribution in [1.29, 1.82) is 0 Å². The Morgan fingerprint density at radius 2 is 2.22 bits per heavy atom. The summed E-state index contributed by atoms with van der Waals surface area (Å²) in [7, 11) is 1.73. The van der Waals surface area contributed by atoms with Crippen molar-refractivity contribution in [2.45, 2.75) is 51.8 Å². The van der Waals surface area contributed by atoms with Crippen LogP contribution >= 0.6 is 11.6 Å². The number of ether oxygens (including phenoxy) is 1. The second-order valence-electron chi connectivity index (χ2n) is 5.87. The molecule has 2 atom stereocenters. The maximum Gasteiger partial charge on any atom is 0.128 e. The van der Waals surface area contributed by atoms with E-state index >= 15 is 0 Å². The van der Waals surface area contributed by atoms with E-state index in [2.05, 4.69) is 18.8 Å². The summed E-state index contributed by atoms with van der Waals surface area (Å²) in [5, 5.41) is 0.336. The fourth-order valence-electron chi connectivity index (χ4n) is 3.06. The fraction of sp³-hybridized carbons (Fsp3) is 0.667. The minimum absolute atomic E-state index is 0.296. The second kappa shape index (κ2) is 5.08. The molecule has 1 aromatic rings. The van der Waals surface area contributed by atoms with E-state index in [1.54, 1.807) is 7.11 Å². The highest BCUT2D eigenvalue weighted by molar-refractivity contribution is 6.20. The second-order valence-corrected chi connectivity index (χ2v) is 6.49. The lowest BCUT2D eigenvalue weighted by atomic mass is 9.82. The summed E-state index contributed by atoms with van der Waals surface area (Å²) in [6, 6.07) is 0. The predicted octanol–water partition coefficient (Wildman–Crippen LogP) is 4.05. The minimum atomic E-state index is 0.296. The Hall–Kier alpha value is -0.760. The Bertz CT molecular complexity index is 446. The molecule has 2 nitrogen and oxygen atoms in total. The van der Waals surface area contributed by atoms with Crippen molar-refractivity contribution in [3.63, 3.8) is 0 Å². The summed E-state index contributed by atoms with van der Waals surface area (Å²) in [5.41, 5.74) is 3.73. The van der Waals surface area contributed by atoms with Gasteiger partial charge < -0.3 is 4.74 Å². The zero-order chi connectivity index (χ0) is 13.3. The maximum atomic E-state index is 6.24. The van der Waals surface area contributed by atoms with Gasteiger partial charge >= 0.3 is 0 Å². The third-order valence-electron chi connectivity index (χ3n) is 4.12. The normalized spacial score (nSPS) is 27.5. The van der Waals surface area contributed by atoms with E-state index in [0.29, 0.717) is 10.8 Å². The SMILES string of the molecule is COc1c(C)cnc(CC2(C)CCC(Cl)C2)c1C. The van der Waals surface area contributed by atoms with Crippen molar-refractivity contribution in [3.05, 3.63) is 23.0 Å². The van der Waals surface area contributed by atoms with E-state index in [4.69, 9.17) is 16.3 Å². The van der Waals surface area contributed by atoms with Gasteiger partial charge in [-0.2, -0.15) is 0 Å². The van der Waals surface area contributed by atoms with Crippen molar-refractivity contribution in [1.82, 2.24) is 4.98 Å². The Balaban J connectivity index is 2.25. The third-order valence-corrected chi connectivity index (χ3v) is 4.49. The van der Waals surface area contributed by atoms with Gasteiger partial charge in [0.2, 0.25) is 0 Å². The number of rotatable bonds is 3. The Labute approximate surface area is 115 Å². The number of halogens is 1. The number of methoxy groups -OCH3 is 1. The molecule has 0 saturated heterocycles. The van der Waals surface area contributed by atoms with Gasteiger partial charge in [0.25, 0.3) is 0 Å². The van der Waals surface area contributed by atoms with Crippen LogP contribution < -0.4 is 4.74 Å². The lowest BCUT2D eigenvalue weighted by molar-refractivity contribution is 0.329. The van der Waals surface area contributed by atoms with Gasteiger partial charge in [0.05, 0.1) is 7.11 Å². The van der Waals surface area contributed by atoms with Crippen LogP contribution in [0.5, 0.6) is 5.75 Å². The standard InChI is InChI=1S/C15H22ClNO/c1-10-9-17-13(11(2)14(10)18-4)8-15(3)6-5-12(16)7-15/h9,12H,5-8H2,1-4H3. The first-order valence-corrected chi connectivity index (χ1v) is 7.02. The van der Waals surface area contributed by atoms with E-state index < -0.39 is 0 Å². The number of aromatic nitrogens is 1. The molecule has 1 fully saturated rings. The highest BCUT2D eigenvalue weighted by Gasteiger charge is 2.35. The predicted molar refractivity (Wildman–Crippen MR) is 75.6 cm³/mol. The van der Waals surface area contributed by atoms with Crippen LogP contribution in [0.2, 0.25) is 0 Å². The fourth-order valence-corrected chi connectivity index (χ4v) is 3.54. The van der Waals surface area contributed by atoms with Crippen LogP contribution in [0.3, 0.4) is 0 Å². The van der Waals surface area contributed by atoms with Gasteiger partial charge in [-0.25, -0.2) is 0 Å². The first-order chi connectivity index (χ1) is 8.45. The molecule has 1 heterocycles. The molecule has 18 heavy (non-hydrogen) atoms. The molecule has 0 radical (unpaired) electrons. The maximum absolute atomic E-state index is 6.24. The highest BCUT2D eigenvalue weighted by atomic mass is 35.5. The zero-order valence-electron chi connectivity index (χ0n) is 11.7. The Kier molecular flexibility index (Phi) is 3.86. The molecule has 0 spiro atoms. The summed E-state index contributed by atoms with van der Waals surface area (Å²) in [5.74, 6) is 0.976. The van der Waals surface area contributed by atoms with Gasteiger partial charge in [0.15, 0.2) is 0 Å². The number of hydrogen-bond acceptors (Lipinski definition) is 2. The summed E-state index contributed by atoms with van der Waals surface area (Å²) in [4.78, 5) is 4.60. The average Bonchev–Trinajstić information content (AvgIpc) is 2.64. The Morgan fingerprint density at radius 1 is 1.50 bits per heavy atom. The van der Waals surface area contributed by atoms with Crippen LogP contribution in [0, 0.1) is 19.3 Å². The monoisotopic (exact) mass is 267 g/mol. The number of pyridine rings is 1. The van der Waals surface area contributed by atoms with Gasteiger partial charge in [0, 0.05) is 28.4 Å². The van der Waals surface area contributed by atoms with E-state index in [0.717, 1.165) is 36.3 Å². The number of alkyl halides is 1. The number of nitrogens with zero attached hydrogens (tertiary/aromatic N) is 1. The summed E-state index contributed by atoms with van der Waals surface area (Å²) >= 11 is 6.24. The summed E-state index contributed by atoms with van der Waals surface area (Å²) in [6.07, 6.45) is 6.32. The van der Waals surface area contributed by atoms with Gasteiger partial charge in [0.1, 0.15) is 5.75 Å². The quantitative estimate of drug-likeness (QED) is 0.771. The summed E-state index contributed by atoms with van der Waals surface area (Å²) in [6.45, 7) is 6.46. The van der Waals surface area contributed by atoms with Gasteiger partial charge in [-0.3, -0.25) is 4.98 Å². The van der Waals surface area contributed by atoms with E-state index in [1.165, 1.54) is 12.0 Å². The summed E-state index contributed by atoms with van der Waals surface area (Å²) < 4.78 is 5.47. The molecule has 0 aromatic carbocycles. The van der Waals surface area contributed by atoms with Crippen LogP contribution in [0.1, 0.15) is 43.0 Å². The molecule has 2 rings (SSSR count). The van der Waals surface area contributed by atoms with Crippen LogP contribution in [-0.4, -0.2) is 17.5 Å². The van der Waals surface area contributed by atoms with E-state index in [-0.39, 0.29) is 0 Å². The van der Waals surface area contributed by atoms with E-state index in [9.17, 15) is 0 Å². The van der Waals surface area contributed by atoms with Crippen molar-refractivity contribution in [2.75, 3.05) is 7.11 Å². The molecule has 0 amide bonds. The number of aryl methyl sites for hydroxylation is 1. The molecule has 1 saturated carbocycles. The molecule has 1 aromatic heterocycles. The zero-order valence-corrected chi connectivity index (χ0v) is 12.5. The first kappa shape index (κ1) is 13.7. The minimum Gasteiger partial charge on any atom is -0.496 e. The van der Waals surface area contributed by atoms with Crippen LogP contribution in [0.15, 0.2) is 6.20 Å². The topological polar surface area (TPSA) is 22.1 Å². The van der Waals surface area contributed by atoms with Crippen LogP contribution in [0.25, 0.3) is 0 Å². The Morgan fingerprint density at radius 3 is 2.78 bits per heavy atom. The van der Waals surface area contributed by atoms with Crippen molar-refractivity contribution < 1.29 is 4.74 Å². The van der Waals surface area contributed by atoms with Crippen molar-refractivity contribution >= 4 is 11.6 Å². The van der Waals surface area contributed by atoms with Crippen LogP contribution in [-0.2, 0) is 6.42 Å².